The second-order valence-corrected chi connectivity index (χ2v) is 5.97. The zero-order valence-corrected chi connectivity index (χ0v) is 12.5. The molecule has 116 valence electrons. The molecule has 0 spiro atoms. The Morgan fingerprint density at radius 2 is 1.95 bits per heavy atom. The van der Waals surface area contributed by atoms with Crippen LogP contribution < -0.4 is 10.6 Å². The van der Waals surface area contributed by atoms with E-state index >= 15 is 0 Å². The second-order valence-electron chi connectivity index (χ2n) is 5.97. The summed E-state index contributed by atoms with van der Waals surface area (Å²) in [5, 5.41) is 14.2. The number of carboxylic acid groups (broad SMARTS) is 1. The van der Waals surface area contributed by atoms with Gasteiger partial charge in [0.05, 0.1) is 0 Å². The Morgan fingerprint density at radius 3 is 2.60 bits per heavy atom. The molecule has 3 N–H and O–H groups in total. The van der Waals surface area contributed by atoms with E-state index in [-0.39, 0.29) is 18.4 Å². The lowest BCUT2D eigenvalue weighted by atomic mass is 10.0. The zero-order chi connectivity index (χ0) is 14.8. The van der Waals surface area contributed by atoms with E-state index in [9.17, 15) is 9.59 Å². The molecule has 0 aliphatic heterocycles. The second kappa shape index (κ2) is 9.61. The topological polar surface area (TPSA) is 78.4 Å². The number of urea groups is 1. The van der Waals surface area contributed by atoms with E-state index in [0.717, 1.165) is 18.9 Å². The highest BCUT2D eigenvalue weighted by Crippen LogP contribution is 2.28. The molecule has 1 atom stereocenters. The largest absolute Gasteiger partial charge is 0.481 e. The summed E-state index contributed by atoms with van der Waals surface area (Å²) in [6, 6.07) is -0.140. The third kappa shape index (κ3) is 8.02. The molecular weight excluding hydrogens is 256 g/mol. The average Bonchev–Trinajstić information content (AvgIpc) is 2.92. The summed E-state index contributed by atoms with van der Waals surface area (Å²) in [6.45, 7) is 3.21. The summed E-state index contributed by atoms with van der Waals surface area (Å²) in [4.78, 5) is 22.0. The van der Waals surface area contributed by atoms with Crippen molar-refractivity contribution >= 4 is 12.0 Å². The summed E-state index contributed by atoms with van der Waals surface area (Å²) in [6.07, 6.45) is 8.46. The lowest BCUT2D eigenvalue weighted by Crippen LogP contribution is -2.38. The van der Waals surface area contributed by atoms with E-state index in [1.165, 1.54) is 32.1 Å². The normalized spacial score (nSPS) is 16.9. The Hall–Kier alpha value is -1.26. The maximum Gasteiger partial charge on any atom is 0.314 e. The molecule has 5 heteroatoms. The van der Waals surface area contributed by atoms with Crippen LogP contribution in [0.5, 0.6) is 0 Å². The number of carboxylic acids is 1. The summed E-state index contributed by atoms with van der Waals surface area (Å²) >= 11 is 0. The molecule has 1 aliphatic carbocycles. The molecule has 2 amide bonds. The van der Waals surface area contributed by atoms with Crippen LogP contribution in [-0.4, -0.2) is 30.2 Å². The van der Waals surface area contributed by atoms with Crippen molar-refractivity contribution in [1.29, 1.82) is 0 Å². The van der Waals surface area contributed by atoms with Crippen molar-refractivity contribution in [2.24, 2.45) is 11.8 Å². The van der Waals surface area contributed by atoms with Gasteiger partial charge in [-0.15, -0.1) is 0 Å². The zero-order valence-electron chi connectivity index (χ0n) is 12.5. The smallest absolute Gasteiger partial charge is 0.314 e. The maximum absolute atomic E-state index is 11.5. The van der Waals surface area contributed by atoms with Crippen LogP contribution in [0, 0.1) is 11.8 Å². The molecule has 0 aromatic carbocycles. The number of hydrogen-bond donors (Lipinski definition) is 3. The Kier molecular flexibility index (Phi) is 8.07. The van der Waals surface area contributed by atoms with E-state index in [2.05, 4.69) is 10.6 Å². The van der Waals surface area contributed by atoms with Gasteiger partial charge < -0.3 is 15.7 Å². The predicted octanol–water partition coefficient (Wildman–Crippen LogP) is 2.76. The molecule has 0 saturated heterocycles. The molecule has 0 bridgehead atoms. The molecule has 0 radical (unpaired) electrons. The van der Waals surface area contributed by atoms with Crippen molar-refractivity contribution in [2.75, 3.05) is 13.1 Å². The van der Waals surface area contributed by atoms with Crippen LogP contribution in [0.2, 0.25) is 0 Å². The summed E-state index contributed by atoms with van der Waals surface area (Å²) in [7, 11) is 0. The van der Waals surface area contributed by atoms with Crippen LogP contribution in [-0.2, 0) is 4.79 Å². The Balaban J connectivity index is 1.95. The van der Waals surface area contributed by atoms with Gasteiger partial charge in [-0.25, -0.2) is 4.79 Å². The van der Waals surface area contributed by atoms with Crippen LogP contribution in [0.1, 0.15) is 58.3 Å². The lowest BCUT2D eigenvalue weighted by Gasteiger charge is -2.13. The third-order valence-corrected chi connectivity index (χ3v) is 4.01. The molecular formula is C15H28N2O3. The highest BCUT2D eigenvalue weighted by atomic mass is 16.4. The molecule has 1 fully saturated rings. The molecule has 1 rings (SSSR count). The van der Waals surface area contributed by atoms with Gasteiger partial charge in [0.1, 0.15) is 0 Å². The Labute approximate surface area is 121 Å². The van der Waals surface area contributed by atoms with Crippen LogP contribution in [0.4, 0.5) is 4.79 Å². The number of nitrogens with one attached hydrogen (secondary N) is 2. The van der Waals surface area contributed by atoms with Crippen LogP contribution >= 0.6 is 0 Å². The number of rotatable bonds is 9. The first-order valence-corrected chi connectivity index (χ1v) is 7.81. The van der Waals surface area contributed by atoms with Crippen molar-refractivity contribution in [2.45, 2.75) is 58.3 Å². The standard InChI is InChI=1S/C15H28N2O3/c1-12(8-9-14(18)19)11-17-15(20)16-10-4-7-13-5-2-3-6-13/h12-13H,2-11H2,1H3,(H,18,19)(H2,16,17,20). The first-order chi connectivity index (χ1) is 9.58. The minimum atomic E-state index is -0.784. The quantitative estimate of drug-likeness (QED) is 0.570. The minimum absolute atomic E-state index is 0.140. The number of carbonyl (C=O) groups excluding carboxylic acids is 1. The number of carbonyl (C=O) groups is 2. The van der Waals surface area contributed by atoms with E-state index in [0.29, 0.717) is 13.0 Å². The fraction of sp³-hybridized carbons (Fsp3) is 0.867. The molecule has 1 saturated carbocycles. The fourth-order valence-corrected chi connectivity index (χ4v) is 2.69. The van der Waals surface area contributed by atoms with Gasteiger partial charge in [-0.05, 0) is 31.1 Å². The summed E-state index contributed by atoms with van der Waals surface area (Å²) in [5.41, 5.74) is 0. The van der Waals surface area contributed by atoms with E-state index in [4.69, 9.17) is 5.11 Å². The molecule has 5 nitrogen and oxygen atoms in total. The van der Waals surface area contributed by atoms with E-state index in [1.807, 2.05) is 6.92 Å². The highest BCUT2D eigenvalue weighted by molar-refractivity contribution is 5.73. The minimum Gasteiger partial charge on any atom is -0.481 e. The van der Waals surface area contributed by atoms with Gasteiger partial charge in [0.15, 0.2) is 0 Å². The number of aliphatic carboxylic acids is 1. The average molecular weight is 284 g/mol. The van der Waals surface area contributed by atoms with Gasteiger partial charge in [0.2, 0.25) is 0 Å². The molecule has 20 heavy (non-hydrogen) atoms. The SMILES string of the molecule is CC(CCC(=O)O)CNC(=O)NCCCC1CCCC1. The van der Waals surface area contributed by atoms with Crippen molar-refractivity contribution in [1.82, 2.24) is 10.6 Å². The fourth-order valence-electron chi connectivity index (χ4n) is 2.69. The van der Waals surface area contributed by atoms with Crippen LogP contribution in [0.15, 0.2) is 0 Å². The predicted molar refractivity (Wildman–Crippen MR) is 78.6 cm³/mol. The van der Waals surface area contributed by atoms with Crippen molar-refractivity contribution in [3.8, 4) is 0 Å². The third-order valence-electron chi connectivity index (χ3n) is 4.01. The first kappa shape index (κ1) is 16.8. The van der Waals surface area contributed by atoms with E-state index in [1.54, 1.807) is 0 Å². The monoisotopic (exact) mass is 284 g/mol. The highest BCUT2D eigenvalue weighted by Gasteiger charge is 2.14. The van der Waals surface area contributed by atoms with Gasteiger partial charge in [0.25, 0.3) is 0 Å². The molecule has 1 unspecified atom stereocenters. The lowest BCUT2D eigenvalue weighted by molar-refractivity contribution is -0.137. The molecule has 0 heterocycles. The molecule has 0 aromatic heterocycles. The van der Waals surface area contributed by atoms with Crippen LogP contribution in [0.25, 0.3) is 0 Å². The van der Waals surface area contributed by atoms with Crippen molar-refractivity contribution in [3.63, 3.8) is 0 Å². The summed E-state index contributed by atoms with van der Waals surface area (Å²) in [5.74, 6) is 0.277. The van der Waals surface area contributed by atoms with Gasteiger partial charge >= 0.3 is 12.0 Å². The number of hydrogen-bond acceptors (Lipinski definition) is 2. The van der Waals surface area contributed by atoms with E-state index < -0.39 is 5.97 Å². The molecule has 1 aliphatic rings. The Morgan fingerprint density at radius 1 is 1.25 bits per heavy atom. The van der Waals surface area contributed by atoms with Crippen molar-refractivity contribution in [3.05, 3.63) is 0 Å². The first-order valence-electron chi connectivity index (χ1n) is 7.81. The maximum atomic E-state index is 11.5. The molecule has 0 aromatic rings. The van der Waals surface area contributed by atoms with Gasteiger partial charge in [-0.1, -0.05) is 32.6 Å². The van der Waals surface area contributed by atoms with Gasteiger partial charge in [-0.2, -0.15) is 0 Å². The van der Waals surface area contributed by atoms with Crippen molar-refractivity contribution < 1.29 is 14.7 Å². The van der Waals surface area contributed by atoms with Gasteiger partial charge in [0, 0.05) is 19.5 Å². The number of amides is 2. The van der Waals surface area contributed by atoms with Gasteiger partial charge in [-0.3, -0.25) is 4.79 Å². The van der Waals surface area contributed by atoms with Crippen LogP contribution in [0.3, 0.4) is 0 Å². The Bertz CT molecular complexity index is 301. The summed E-state index contributed by atoms with van der Waals surface area (Å²) < 4.78 is 0.